The monoisotopic (exact) mass is 269 g/mol. The molecule has 2 heterocycles. The molecule has 4 heteroatoms. The Morgan fingerprint density at radius 2 is 1.75 bits per heavy atom. The molecule has 6 rings (SSSR count). The molecule has 6 atom stereocenters. The molecule has 2 saturated carbocycles. The Labute approximate surface area is 116 Å². The van der Waals surface area contributed by atoms with Crippen molar-refractivity contribution in [3.63, 3.8) is 0 Å². The van der Waals surface area contributed by atoms with Gasteiger partial charge in [0.15, 0.2) is 0 Å². The van der Waals surface area contributed by atoms with Crippen molar-refractivity contribution in [1.29, 1.82) is 0 Å². The lowest BCUT2D eigenvalue weighted by Gasteiger charge is -2.37. The molecule has 1 aliphatic heterocycles. The largest absolute Gasteiger partial charge is 0.467 e. The number of allylic oxidation sites excluding steroid dienone is 2. The fraction of sp³-hybridized carbons (Fsp3) is 0.500. The van der Waals surface area contributed by atoms with Gasteiger partial charge in [-0.1, -0.05) is 12.2 Å². The van der Waals surface area contributed by atoms with E-state index in [-0.39, 0.29) is 30.2 Å². The summed E-state index contributed by atoms with van der Waals surface area (Å²) in [5.41, 5.74) is 0. The summed E-state index contributed by atoms with van der Waals surface area (Å²) in [6.45, 7) is 0.284. The first-order valence-corrected chi connectivity index (χ1v) is 7.31. The topological polar surface area (TPSA) is 50.5 Å². The van der Waals surface area contributed by atoms with Gasteiger partial charge >= 0.3 is 0 Å². The minimum atomic E-state index is -0.101. The van der Waals surface area contributed by atoms with Gasteiger partial charge in [-0.3, -0.25) is 14.5 Å². The highest BCUT2D eigenvalue weighted by Gasteiger charge is 2.66. The fourth-order valence-corrected chi connectivity index (χ4v) is 4.73. The van der Waals surface area contributed by atoms with Gasteiger partial charge in [0, 0.05) is 0 Å². The van der Waals surface area contributed by atoms with Crippen LogP contribution < -0.4 is 0 Å². The average molecular weight is 269 g/mol. The van der Waals surface area contributed by atoms with Gasteiger partial charge in [-0.2, -0.15) is 0 Å². The maximum Gasteiger partial charge on any atom is 0.234 e. The minimum absolute atomic E-state index is 0.0149. The number of hydrogen-bond donors (Lipinski definition) is 0. The zero-order valence-corrected chi connectivity index (χ0v) is 10.9. The van der Waals surface area contributed by atoms with Crippen molar-refractivity contribution in [2.75, 3.05) is 0 Å². The van der Waals surface area contributed by atoms with Gasteiger partial charge in [0.2, 0.25) is 11.8 Å². The van der Waals surface area contributed by atoms with Crippen LogP contribution in [0.15, 0.2) is 35.0 Å². The average Bonchev–Trinajstić information content (AvgIpc) is 3.08. The van der Waals surface area contributed by atoms with E-state index in [9.17, 15) is 9.59 Å². The van der Waals surface area contributed by atoms with Crippen molar-refractivity contribution in [1.82, 2.24) is 4.90 Å². The predicted molar refractivity (Wildman–Crippen MR) is 69.0 cm³/mol. The standard InChI is InChI=1S/C16H15NO3/c18-15-13-9-3-4-10(12-6-11(9)12)14(13)16(19)17(15)7-8-2-1-5-20-8/h1-5,9-14H,6-7H2/t9-,10-,11-,12-,13-,14+/m0/s1. The quantitative estimate of drug-likeness (QED) is 0.608. The molecule has 2 bridgehead atoms. The lowest BCUT2D eigenvalue weighted by molar-refractivity contribution is -0.141. The third kappa shape index (κ3) is 1.18. The van der Waals surface area contributed by atoms with Crippen LogP contribution in [-0.2, 0) is 16.1 Å². The van der Waals surface area contributed by atoms with Gasteiger partial charge in [-0.25, -0.2) is 0 Å². The Morgan fingerprint density at radius 1 is 1.10 bits per heavy atom. The molecule has 0 N–H and O–H groups in total. The number of furan rings is 1. The summed E-state index contributed by atoms with van der Waals surface area (Å²) in [5, 5.41) is 0. The van der Waals surface area contributed by atoms with E-state index in [1.807, 2.05) is 6.07 Å². The third-order valence-corrected chi connectivity index (χ3v) is 5.65. The zero-order chi connectivity index (χ0) is 13.4. The molecule has 0 spiro atoms. The Kier molecular flexibility index (Phi) is 1.87. The SMILES string of the molecule is O=C1[C@@H]2[C@H]3C=C[C@@H]([C@@H]4C[C@@H]34)[C@@H]2C(=O)N1Cc1ccco1. The van der Waals surface area contributed by atoms with Gasteiger partial charge in [0.1, 0.15) is 5.76 Å². The summed E-state index contributed by atoms with van der Waals surface area (Å²) in [6, 6.07) is 3.60. The van der Waals surface area contributed by atoms with Crippen LogP contribution in [0.1, 0.15) is 12.2 Å². The van der Waals surface area contributed by atoms with E-state index in [2.05, 4.69) is 12.2 Å². The normalized spacial score (nSPS) is 43.9. The molecule has 0 unspecified atom stereocenters. The second-order valence-electron chi connectivity index (χ2n) is 6.50. The maximum atomic E-state index is 12.7. The van der Waals surface area contributed by atoms with Crippen molar-refractivity contribution >= 4 is 11.8 Å². The number of carbonyl (C=O) groups is 2. The summed E-state index contributed by atoms with van der Waals surface area (Å²) < 4.78 is 5.28. The zero-order valence-electron chi connectivity index (χ0n) is 10.9. The Bertz CT molecular complexity index is 596. The molecule has 102 valence electrons. The number of imide groups is 1. The summed E-state index contributed by atoms with van der Waals surface area (Å²) in [7, 11) is 0. The van der Waals surface area contributed by atoms with Crippen LogP contribution in [0.25, 0.3) is 0 Å². The molecule has 2 amide bonds. The molecule has 20 heavy (non-hydrogen) atoms. The van der Waals surface area contributed by atoms with E-state index in [1.165, 1.54) is 11.3 Å². The number of hydrogen-bond acceptors (Lipinski definition) is 3. The molecule has 3 fully saturated rings. The predicted octanol–water partition coefficient (Wildman–Crippen LogP) is 1.83. The van der Waals surface area contributed by atoms with Crippen molar-refractivity contribution in [2.24, 2.45) is 35.5 Å². The first-order chi connectivity index (χ1) is 9.75. The van der Waals surface area contributed by atoms with Gasteiger partial charge in [-0.05, 0) is 42.2 Å². The van der Waals surface area contributed by atoms with Crippen LogP contribution in [-0.4, -0.2) is 16.7 Å². The molecular weight excluding hydrogens is 254 g/mol. The molecule has 5 aliphatic rings. The van der Waals surface area contributed by atoms with E-state index in [4.69, 9.17) is 4.42 Å². The lowest BCUT2D eigenvalue weighted by Crippen LogP contribution is -2.40. The first-order valence-electron chi connectivity index (χ1n) is 7.31. The van der Waals surface area contributed by atoms with E-state index in [0.29, 0.717) is 29.4 Å². The van der Waals surface area contributed by atoms with Crippen molar-refractivity contribution in [3.05, 3.63) is 36.3 Å². The van der Waals surface area contributed by atoms with Crippen molar-refractivity contribution < 1.29 is 14.0 Å². The van der Waals surface area contributed by atoms with Gasteiger partial charge in [0.25, 0.3) is 0 Å². The Morgan fingerprint density at radius 3 is 2.30 bits per heavy atom. The highest BCUT2D eigenvalue weighted by atomic mass is 16.3. The van der Waals surface area contributed by atoms with Gasteiger partial charge in [0.05, 0.1) is 24.6 Å². The van der Waals surface area contributed by atoms with Crippen LogP contribution in [0.4, 0.5) is 0 Å². The van der Waals surface area contributed by atoms with Crippen molar-refractivity contribution in [3.8, 4) is 0 Å². The van der Waals surface area contributed by atoms with Crippen LogP contribution in [0.2, 0.25) is 0 Å². The van der Waals surface area contributed by atoms with Crippen LogP contribution in [0, 0.1) is 35.5 Å². The maximum absolute atomic E-state index is 12.7. The highest BCUT2D eigenvalue weighted by molar-refractivity contribution is 6.06. The number of nitrogens with zero attached hydrogens (tertiary/aromatic N) is 1. The molecule has 0 radical (unpaired) electrons. The molecule has 4 aliphatic carbocycles. The van der Waals surface area contributed by atoms with Crippen LogP contribution in [0.3, 0.4) is 0 Å². The molecule has 1 aromatic heterocycles. The molecule has 0 aromatic carbocycles. The third-order valence-electron chi connectivity index (χ3n) is 5.65. The summed E-state index contributed by atoms with van der Waals surface area (Å²) >= 11 is 0. The van der Waals surface area contributed by atoms with E-state index in [1.54, 1.807) is 12.3 Å². The fourth-order valence-electron chi connectivity index (χ4n) is 4.73. The lowest BCUT2D eigenvalue weighted by atomic mass is 9.63. The summed E-state index contributed by atoms with van der Waals surface area (Å²) in [6.07, 6.45) is 7.17. The molecule has 4 nitrogen and oxygen atoms in total. The van der Waals surface area contributed by atoms with E-state index < -0.39 is 0 Å². The minimum Gasteiger partial charge on any atom is -0.467 e. The Hall–Kier alpha value is -1.84. The van der Waals surface area contributed by atoms with Gasteiger partial charge < -0.3 is 4.42 Å². The number of rotatable bonds is 2. The smallest absolute Gasteiger partial charge is 0.234 e. The van der Waals surface area contributed by atoms with Crippen LogP contribution >= 0.6 is 0 Å². The van der Waals surface area contributed by atoms with Crippen molar-refractivity contribution in [2.45, 2.75) is 13.0 Å². The number of likely N-dealkylation sites (tertiary alicyclic amines) is 1. The molecule has 1 saturated heterocycles. The van der Waals surface area contributed by atoms with E-state index in [0.717, 1.165) is 0 Å². The first kappa shape index (κ1) is 10.9. The summed E-state index contributed by atoms with van der Waals surface area (Å²) in [5.74, 6) is 2.42. The molecule has 1 aromatic rings. The van der Waals surface area contributed by atoms with E-state index >= 15 is 0 Å². The second kappa shape index (κ2) is 3.43. The molecular formula is C16H15NO3. The second-order valence-corrected chi connectivity index (χ2v) is 6.50. The van der Waals surface area contributed by atoms with Crippen LogP contribution in [0.5, 0.6) is 0 Å². The highest BCUT2D eigenvalue weighted by Crippen LogP contribution is 2.65. The number of amides is 2. The van der Waals surface area contributed by atoms with Gasteiger partial charge in [-0.15, -0.1) is 0 Å². The number of carbonyl (C=O) groups excluding carboxylic acids is 2. The Balaban J connectivity index is 1.51. The summed E-state index contributed by atoms with van der Waals surface area (Å²) in [4.78, 5) is 26.7.